The highest BCUT2D eigenvalue weighted by Crippen LogP contribution is 2.23. The van der Waals surface area contributed by atoms with Crippen LogP contribution in [0.2, 0.25) is 0 Å². The molecule has 0 saturated carbocycles. The van der Waals surface area contributed by atoms with Crippen LogP contribution >= 0.6 is 35.3 Å². The van der Waals surface area contributed by atoms with E-state index in [9.17, 15) is 4.79 Å². The van der Waals surface area contributed by atoms with Gasteiger partial charge in [-0.1, -0.05) is 36.9 Å². The molecule has 1 atom stereocenters. The van der Waals surface area contributed by atoms with E-state index in [2.05, 4.69) is 17.1 Å². The van der Waals surface area contributed by atoms with E-state index in [0.29, 0.717) is 16.3 Å². The molecule has 15 heavy (non-hydrogen) atoms. The lowest BCUT2D eigenvalue weighted by molar-refractivity contribution is -0.111. The molecule has 0 saturated heterocycles. The Morgan fingerprint density at radius 3 is 3.00 bits per heavy atom. The highest BCUT2D eigenvalue weighted by Gasteiger charge is 2.11. The third kappa shape index (κ3) is 4.44. The molecule has 1 aromatic heterocycles. The molecule has 3 nitrogen and oxygen atoms in total. The standard InChI is InChI=1S/C9H14N2OS3/c1-3-14-7(12)5-4-6(2)8-10-11-9(13)15-8/h6H,3-5H2,1-2H3,(H,11,13). The van der Waals surface area contributed by atoms with Gasteiger partial charge in [0.2, 0.25) is 0 Å². The first-order chi connectivity index (χ1) is 7.13. The van der Waals surface area contributed by atoms with Crippen LogP contribution in [-0.4, -0.2) is 21.1 Å². The summed E-state index contributed by atoms with van der Waals surface area (Å²) in [6.45, 7) is 4.07. The van der Waals surface area contributed by atoms with Crippen molar-refractivity contribution < 1.29 is 4.79 Å². The third-order valence-corrected chi connectivity index (χ3v) is 4.10. The van der Waals surface area contributed by atoms with Gasteiger partial charge in [-0.05, 0) is 24.4 Å². The summed E-state index contributed by atoms with van der Waals surface area (Å²) in [5.74, 6) is 1.17. The van der Waals surface area contributed by atoms with E-state index in [1.54, 1.807) is 0 Å². The Kier molecular flexibility index (Phi) is 5.49. The summed E-state index contributed by atoms with van der Waals surface area (Å²) in [4.78, 5) is 11.3. The molecular weight excluding hydrogens is 248 g/mol. The van der Waals surface area contributed by atoms with Gasteiger partial charge in [0, 0.05) is 12.3 Å². The van der Waals surface area contributed by atoms with Crippen molar-refractivity contribution in [3.63, 3.8) is 0 Å². The molecule has 0 aromatic carbocycles. The Morgan fingerprint density at radius 2 is 2.47 bits per heavy atom. The fourth-order valence-corrected chi connectivity index (χ4v) is 2.72. The van der Waals surface area contributed by atoms with E-state index >= 15 is 0 Å². The molecule has 0 amide bonds. The highest BCUT2D eigenvalue weighted by atomic mass is 32.2. The molecular formula is C9H14N2OS3. The van der Waals surface area contributed by atoms with Crippen LogP contribution in [0.25, 0.3) is 0 Å². The average molecular weight is 262 g/mol. The molecule has 1 rings (SSSR count). The van der Waals surface area contributed by atoms with Crippen LogP contribution < -0.4 is 0 Å². The molecule has 84 valence electrons. The number of hydrogen-bond acceptors (Lipinski definition) is 5. The SMILES string of the molecule is CCSC(=O)CCC(C)c1n[nH]c(=S)s1. The Morgan fingerprint density at radius 1 is 1.73 bits per heavy atom. The fourth-order valence-electron chi connectivity index (χ4n) is 1.14. The molecule has 1 heterocycles. The largest absolute Gasteiger partial charge is 0.287 e. The Hall–Kier alpha value is -0.200. The number of nitrogens with zero attached hydrogens (tertiary/aromatic N) is 1. The van der Waals surface area contributed by atoms with Gasteiger partial charge in [-0.15, -0.1) is 0 Å². The zero-order valence-electron chi connectivity index (χ0n) is 8.78. The number of hydrogen-bond donors (Lipinski definition) is 1. The summed E-state index contributed by atoms with van der Waals surface area (Å²) >= 11 is 7.84. The zero-order valence-corrected chi connectivity index (χ0v) is 11.2. The predicted octanol–water partition coefficient (Wildman–Crippen LogP) is 3.36. The van der Waals surface area contributed by atoms with Crippen LogP contribution in [0.15, 0.2) is 0 Å². The van der Waals surface area contributed by atoms with Crippen molar-refractivity contribution in [1.82, 2.24) is 10.2 Å². The van der Waals surface area contributed by atoms with Gasteiger partial charge in [-0.2, -0.15) is 5.10 Å². The molecule has 0 fully saturated rings. The summed E-state index contributed by atoms with van der Waals surface area (Å²) < 4.78 is 0.700. The summed E-state index contributed by atoms with van der Waals surface area (Å²) in [6, 6.07) is 0. The first-order valence-corrected chi connectivity index (χ1v) is 7.05. The van der Waals surface area contributed by atoms with E-state index in [1.165, 1.54) is 23.1 Å². The second-order valence-electron chi connectivity index (χ2n) is 3.20. The quantitative estimate of drug-likeness (QED) is 0.826. The minimum absolute atomic E-state index is 0.267. The van der Waals surface area contributed by atoms with E-state index in [-0.39, 0.29) is 5.12 Å². The van der Waals surface area contributed by atoms with Crippen molar-refractivity contribution in [2.45, 2.75) is 32.6 Å². The van der Waals surface area contributed by atoms with E-state index in [1.807, 2.05) is 6.92 Å². The number of H-pyrrole nitrogens is 1. The molecule has 0 aliphatic carbocycles. The molecule has 0 radical (unpaired) electrons. The Bertz CT molecular complexity index is 371. The lowest BCUT2D eigenvalue weighted by Crippen LogP contribution is -1.98. The number of carbonyl (C=O) groups excluding carboxylic acids is 1. The van der Waals surface area contributed by atoms with Gasteiger partial charge in [-0.25, -0.2) is 0 Å². The number of thioether (sulfide) groups is 1. The van der Waals surface area contributed by atoms with Gasteiger partial charge >= 0.3 is 0 Å². The molecule has 1 aromatic rings. The summed E-state index contributed by atoms with van der Waals surface area (Å²) in [5, 5.41) is 8.13. The van der Waals surface area contributed by atoms with Gasteiger partial charge in [-0.3, -0.25) is 9.89 Å². The maximum atomic E-state index is 11.3. The van der Waals surface area contributed by atoms with E-state index in [0.717, 1.165) is 17.2 Å². The highest BCUT2D eigenvalue weighted by molar-refractivity contribution is 8.13. The lowest BCUT2D eigenvalue weighted by atomic mass is 10.1. The van der Waals surface area contributed by atoms with Crippen molar-refractivity contribution >= 4 is 40.4 Å². The molecule has 1 N–H and O–H groups in total. The smallest absolute Gasteiger partial charge is 0.188 e. The fraction of sp³-hybridized carbons (Fsp3) is 0.667. The Labute approximate surface area is 103 Å². The predicted molar refractivity (Wildman–Crippen MR) is 68.1 cm³/mol. The van der Waals surface area contributed by atoms with Gasteiger partial charge in [0.25, 0.3) is 0 Å². The number of aromatic amines is 1. The summed E-state index contributed by atoms with van der Waals surface area (Å²) in [6.07, 6.45) is 1.47. The van der Waals surface area contributed by atoms with Crippen LogP contribution in [0, 0.1) is 3.95 Å². The summed E-state index contributed by atoms with van der Waals surface area (Å²) in [7, 11) is 0. The second kappa shape index (κ2) is 6.40. The minimum Gasteiger partial charge on any atom is -0.287 e. The maximum absolute atomic E-state index is 11.3. The first-order valence-electron chi connectivity index (χ1n) is 4.84. The van der Waals surface area contributed by atoms with E-state index in [4.69, 9.17) is 12.2 Å². The van der Waals surface area contributed by atoms with Gasteiger partial charge < -0.3 is 0 Å². The van der Waals surface area contributed by atoms with Gasteiger partial charge in [0.1, 0.15) is 5.01 Å². The molecule has 0 bridgehead atoms. The zero-order chi connectivity index (χ0) is 11.3. The van der Waals surface area contributed by atoms with Crippen LogP contribution in [0.4, 0.5) is 0 Å². The molecule has 0 aliphatic rings. The normalized spacial score (nSPS) is 12.7. The van der Waals surface area contributed by atoms with Crippen molar-refractivity contribution in [3.8, 4) is 0 Å². The number of rotatable bonds is 5. The number of nitrogens with one attached hydrogen (secondary N) is 1. The maximum Gasteiger partial charge on any atom is 0.188 e. The molecule has 0 spiro atoms. The molecule has 6 heteroatoms. The lowest BCUT2D eigenvalue weighted by Gasteiger charge is -2.05. The van der Waals surface area contributed by atoms with Crippen molar-refractivity contribution in [1.29, 1.82) is 0 Å². The van der Waals surface area contributed by atoms with Crippen LogP contribution in [-0.2, 0) is 4.79 Å². The number of carbonyl (C=O) groups is 1. The molecule has 0 aliphatic heterocycles. The minimum atomic E-state index is 0.267. The van der Waals surface area contributed by atoms with Gasteiger partial charge in [0.05, 0.1) is 0 Å². The van der Waals surface area contributed by atoms with Crippen molar-refractivity contribution in [3.05, 3.63) is 8.96 Å². The van der Waals surface area contributed by atoms with Crippen LogP contribution in [0.5, 0.6) is 0 Å². The molecule has 1 unspecified atom stereocenters. The number of aromatic nitrogens is 2. The third-order valence-electron chi connectivity index (χ3n) is 1.96. The van der Waals surface area contributed by atoms with Crippen LogP contribution in [0.1, 0.15) is 37.6 Å². The second-order valence-corrected chi connectivity index (χ2v) is 6.21. The van der Waals surface area contributed by atoms with Crippen molar-refractivity contribution in [2.24, 2.45) is 0 Å². The monoisotopic (exact) mass is 262 g/mol. The first kappa shape index (κ1) is 12.9. The van der Waals surface area contributed by atoms with Gasteiger partial charge in [0.15, 0.2) is 9.07 Å². The Balaban J connectivity index is 2.39. The summed E-state index contributed by atoms with van der Waals surface area (Å²) in [5.41, 5.74) is 0. The van der Waals surface area contributed by atoms with Crippen LogP contribution in [0.3, 0.4) is 0 Å². The average Bonchev–Trinajstić information content (AvgIpc) is 2.62. The van der Waals surface area contributed by atoms with Crippen molar-refractivity contribution in [2.75, 3.05) is 5.75 Å². The van der Waals surface area contributed by atoms with E-state index < -0.39 is 0 Å². The topological polar surface area (TPSA) is 45.8 Å².